The minimum absolute atomic E-state index is 0.213. The number of benzene rings is 1. The topological polar surface area (TPSA) is 93.8 Å². The summed E-state index contributed by atoms with van der Waals surface area (Å²) in [5.41, 5.74) is 6.12. The van der Waals surface area contributed by atoms with E-state index in [1.807, 2.05) is 0 Å². The molecule has 0 aromatic heterocycles. The Bertz CT molecular complexity index is 462. The van der Waals surface area contributed by atoms with Gasteiger partial charge in [-0.3, -0.25) is 4.79 Å². The van der Waals surface area contributed by atoms with E-state index in [0.29, 0.717) is 30.3 Å². The monoisotopic (exact) mass is 266 g/mol. The van der Waals surface area contributed by atoms with Crippen LogP contribution < -0.4 is 20.5 Å². The lowest BCUT2D eigenvalue weighted by Gasteiger charge is -2.19. The van der Waals surface area contributed by atoms with Crippen molar-refractivity contribution in [2.24, 2.45) is 5.73 Å². The third-order valence-electron chi connectivity index (χ3n) is 2.92. The number of fused-ring (bicyclic) bond motifs is 1. The van der Waals surface area contributed by atoms with Gasteiger partial charge < -0.3 is 25.6 Å². The van der Waals surface area contributed by atoms with E-state index < -0.39 is 12.1 Å². The van der Waals surface area contributed by atoms with Crippen molar-refractivity contribution >= 4 is 5.91 Å². The molecule has 1 amide bonds. The molecule has 0 saturated heterocycles. The number of hydrogen-bond donors (Lipinski definition) is 3. The summed E-state index contributed by atoms with van der Waals surface area (Å²) < 4.78 is 10.8. The molecule has 2 atom stereocenters. The summed E-state index contributed by atoms with van der Waals surface area (Å²) >= 11 is 0. The lowest BCUT2D eigenvalue weighted by atomic mass is 10.1. The van der Waals surface area contributed by atoms with E-state index in [-0.39, 0.29) is 12.5 Å². The van der Waals surface area contributed by atoms with Gasteiger partial charge in [-0.15, -0.1) is 0 Å². The lowest BCUT2D eigenvalue weighted by molar-refractivity contribution is 0.0936. The van der Waals surface area contributed by atoms with Gasteiger partial charge in [-0.2, -0.15) is 0 Å². The van der Waals surface area contributed by atoms with Crippen LogP contribution in [0.2, 0.25) is 0 Å². The van der Waals surface area contributed by atoms with Crippen LogP contribution in [0.3, 0.4) is 0 Å². The predicted octanol–water partition coefficient (Wildman–Crippen LogP) is -0.104. The van der Waals surface area contributed by atoms with Gasteiger partial charge in [-0.1, -0.05) is 0 Å². The molecule has 2 unspecified atom stereocenters. The maximum Gasteiger partial charge on any atom is 0.251 e. The van der Waals surface area contributed by atoms with Crippen LogP contribution in [0.5, 0.6) is 11.5 Å². The highest BCUT2D eigenvalue weighted by Gasteiger charge is 2.16. The van der Waals surface area contributed by atoms with Gasteiger partial charge in [-0.05, 0) is 25.1 Å². The van der Waals surface area contributed by atoms with Gasteiger partial charge in [0.05, 0.1) is 6.10 Å². The van der Waals surface area contributed by atoms with E-state index in [1.165, 1.54) is 0 Å². The number of carbonyl (C=O) groups excluding carboxylic acids is 1. The van der Waals surface area contributed by atoms with Crippen molar-refractivity contribution in [3.63, 3.8) is 0 Å². The van der Waals surface area contributed by atoms with Gasteiger partial charge in [0.2, 0.25) is 0 Å². The molecule has 104 valence electrons. The normalized spacial score (nSPS) is 16.6. The average molecular weight is 266 g/mol. The van der Waals surface area contributed by atoms with E-state index in [1.54, 1.807) is 25.1 Å². The van der Waals surface area contributed by atoms with Crippen LogP contribution in [0.1, 0.15) is 17.3 Å². The Labute approximate surface area is 111 Å². The molecule has 0 bridgehead atoms. The molecule has 6 nitrogen and oxygen atoms in total. The first-order valence-corrected chi connectivity index (χ1v) is 6.19. The van der Waals surface area contributed by atoms with Gasteiger partial charge in [0, 0.05) is 18.2 Å². The Hall–Kier alpha value is -1.79. The van der Waals surface area contributed by atoms with Gasteiger partial charge in [0.15, 0.2) is 11.5 Å². The third-order valence-corrected chi connectivity index (χ3v) is 2.92. The Balaban J connectivity index is 1.99. The number of nitrogens with two attached hydrogens (primary N) is 1. The van der Waals surface area contributed by atoms with Crippen molar-refractivity contribution in [2.45, 2.75) is 19.1 Å². The fourth-order valence-electron chi connectivity index (χ4n) is 1.67. The maximum absolute atomic E-state index is 11.9. The summed E-state index contributed by atoms with van der Waals surface area (Å²) in [6, 6.07) is 4.52. The minimum Gasteiger partial charge on any atom is -0.486 e. The molecular weight excluding hydrogens is 248 g/mol. The van der Waals surface area contributed by atoms with E-state index in [0.717, 1.165) is 0 Å². The predicted molar refractivity (Wildman–Crippen MR) is 69.4 cm³/mol. The number of aliphatic hydroxyl groups excluding tert-OH is 1. The van der Waals surface area contributed by atoms with Crippen LogP contribution in [-0.2, 0) is 0 Å². The van der Waals surface area contributed by atoms with Gasteiger partial charge in [0.25, 0.3) is 5.91 Å². The van der Waals surface area contributed by atoms with E-state index in [2.05, 4.69) is 5.32 Å². The second kappa shape index (κ2) is 5.90. The van der Waals surface area contributed by atoms with Crippen LogP contribution >= 0.6 is 0 Å². The van der Waals surface area contributed by atoms with Crippen molar-refractivity contribution in [3.8, 4) is 11.5 Å². The molecule has 4 N–H and O–H groups in total. The molecule has 1 heterocycles. The highest BCUT2D eigenvalue weighted by molar-refractivity contribution is 5.94. The van der Waals surface area contributed by atoms with Gasteiger partial charge in [-0.25, -0.2) is 0 Å². The summed E-state index contributed by atoms with van der Waals surface area (Å²) in [6.07, 6.45) is -0.666. The fraction of sp³-hybridized carbons (Fsp3) is 0.462. The number of nitrogens with one attached hydrogen (secondary N) is 1. The molecule has 2 rings (SSSR count). The number of ether oxygens (including phenoxy) is 2. The van der Waals surface area contributed by atoms with Crippen LogP contribution in [0.25, 0.3) is 0 Å². The summed E-state index contributed by atoms with van der Waals surface area (Å²) in [6.45, 7) is 2.79. The van der Waals surface area contributed by atoms with Crippen molar-refractivity contribution in [3.05, 3.63) is 23.8 Å². The Morgan fingerprint density at radius 3 is 2.79 bits per heavy atom. The minimum atomic E-state index is -0.666. The van der Waals surface area contributed by atoms with Gasteiger partial charge >= 0.3 is 0 Å². The number of aliphatic hydroxyl groups is 1. The second-order valence-corrected chi connectivity index (χ2v) is 4.47. The third kappa shape index (κ3) is 3.36. The zero-order valence-electron chi connectivity index (χ0n) is 10.8. The van der Waals surface area contributed by atoms with Crippen LogP contribution in [0.15, 0.2) is 18.2 Å². The largest absolute Gasteiger partial charge is 0.486 e. The molecule has 0 fully saturated rings. The average Bonchev–Trinajstić information content (AvgIpc) is 2.43. The molecular formula is C13H18N2O4. The molecule has 1 aromatic rings. The first-order chi connectivity index (χ1) is 9.08. The summed E-state index contributed by atoms with van der Waals surface area (Å²) in [7, 11) is 0. The van der Waals surface area contributed by atoms with Crippen LogP contribution in [0.4, 0.5) is 0 Å². The van der Waals surface area contributed by atoms with Crippen molar-refractivity contribution in [1.82, 2.24) is 5.32 Å². The Kier molecular flexibility index (Phi) is 4.24. The number of carbonyl (C=O) groups is 1. The molecule has 0 spiro atoms. The number of hydrogen-bond acceptors (Lipinski definition) is 5. The molecule has 0 aliphatic carbocycles. The first-order valence-electron chi connectivity index (χ1n) is 6.19. The summed E-state index contributed by atoms with van der Waals surface area (Å²) in [4.78, 5) is 11.9. The van der Waals surface area contributed by atoms with Gasteiger partial charge in [0.1, 0.15) is 13.2 Å². The molecule has 0 radical (unpaired) electrons. The smallest absolute Gasteiger partial charge is 0.251 e. The highest BCUT2D eigenvalue weighted by Crippen LogP contribution is 2.30. The summed E-state index contributed by atoms with van der Waals surface area (Å²) in [5, 5.41) is 11.9. The van der Waals surface area contributed by atoms with Crippen LogP contribution in [-0.4, -0.2) is 42.9 Å². The van der Waals surface area contributed by atoms with E-state index in [9.17, 15) is 9.90 Å². The molecule has 0 saturated carbocycles. The van der Waals surface area contributed by atoms with E-state index >= 15 is 0 Å². The molecule has 1 aromatic carbocycles. The highest BCUT2D eigenvalue weighted by atomic mass is 16.6. The zero-order chi connectivity index (χ0) is 13.8. The molecule has 1 aliphatic rings. The SMILES string of the molecule is CC(O)C(N)CNC(=O)c1ccc2c(c1)OCCO2. The second-order valence-electron chi connectivity index (χ2n) is 4.47. The van der Waals surface area contributed by atoms with Crippen molar-refractivity contribution < 1.29 is 19.4 Å². The quantitative estimate of drug-likeness (QED) is 0.707. The first kappa shape index (κ1) is 13.6. The number of rotatable bonds is 4. The zero-order valence-corrected chi connectivity index (χ0v) is 10.8. The van der Waals surface area contributed by atoms with Crippen molar-refractivity contribution in [2.75, 3.05) is 19.8 Å². The van der Waals surface area contributed by atoms with Crippen LogP contribution in [0, 0.1) is 0 Å². The maximum atomic E-state index is 11.9. The Morgan fingerprint density at radius 1 is 1.42 bits per heavy atom. The summed E-state index contributed by atoms with van der Waals surface area (Å²) in [5.74, 6) is 0.954. The standard InChI is InChI=1S/C13H18N2O4/c1-8(16)10(14)7-15-13(17)9-2-3-11-12(6-9)19-5-4-18-11/h2-3,6,8,10,16H,4-5,7,14H2,1H3,(H,15,17). The van der Waals surface area contributed by atoms with E-state index in [4.69, 9.17) is 15.2 Å². The lowest BCUT2D eigenvalue weighted by Crippen LogP contribution is -2.43. The molecule has 1 aliphatic heterocycles. The number of amides is 1. The van der Waals surface area contributed by atoms with Crippen molar-refractivity contribution in [1.29, 1.82) is 0 Å². The fourth-order valence-corrected chi connectivity index (χ4v) is 1.67. The Morgan fingerprint density at radius 2 is 2.11 bits per heavy atom. The molecule has 6 heteroatoms. The molecule has 19 heavy (non-hydrogen) atoms.